The number of nitrogens with zero attached hydrogens (tertiary/aromatic N) is 2. The number of benzene rings is 1. The molecule has 184 valence electrons. The van der Waals surface area contributed by atoms with Gasteiger partial charge in [-0.25, -0.2) is 4.98 Å². The zero-order valence-electron chi connectivity index (χ0n) is 20.1. The van der Waals surface area contributed by atoms with Crippen molar-refractivity contribution in [1.82, 2.24) is 15.2 Å². The van der Waals surface area contributed by atoms with E-state index in [1.54, 1.807) is 17.4 Å². The molecule has 7 heteroatoms. The third kappa shape index (κ3) is 7.06. The first-order chi connectivity index (χ1) is 16.5. The number of rotatable bonds is 9. The van der Waals surface area contributed by atoms with Crippen LogP contribution in [0.2, 0.25) is 5.02 Å². The van der Waals surface area contributed by atoms with E-state index in [0.717, 1.165) is 42.3 Å². The number of amides is 1. The van der Waals surface area contributed by atoms with Crippen LogP contribution in [0.5, 0.6) is 0 Å². The summed E-state index contributed by atoms with van der Waals surface area (Å²) in [5.41, 5.74) is 8.16. The number of aryl methyl sites for hydroxylation is 1. The van der Waals surface area contributed by atoms with Gasteiger partial charge in [-0.2, -0.15) is 0 Å². The summed E-state index contributed by atoms with van der Waals surface area (Å²) in [6.07, 6.45) is 13.8. The van der Waals surface area contributed by atoms with E-state index < -0.39 is 0 Å². The van der Waals surface area contributed by atoms with E-state index in [2.05, 4.69) is 22.1 Å². The van der Waals surface area contributed by atoms with Crippen molar-refractivity contribution in [2.24, 2.45) is 5.92 Å². The maximum atomic E-state index is 12.3. The number of carbonyl (C=O) groups excluding carboxylic acids is 1. The van der Waals surface area contributed by atoms with Crippen molar-refractivity contribution in [3.8, 4) is 0 Å². The van der Waals surface area contributed by atoms with Gasteiger partial charge in [-0.3, -0.25) is 4.79 Å². The van der Waals surface area contributed by atoms with Gasteiger partial charge in [0.15, 0.2) is 5.13 Å². The van der Waals surface area contributed by atoms with E-state index in [0.29, 0.717) is 17.1 Å². The lowest BCUT2D eigenvalue weighted by Crippen LogP contribution is -2.41. The highest BCUT2D eigenvalue weighted by molar-refractivity contribution is 7.15. The molecule has 2 aliphatic rings. The Labute approximate surface area is 212 Å². The highest BCUT2D eigenvalue weighted by atomic mass is 35.5. The first-order valence-electron chi connectivity index (χ1n) is 12.7. The molecule has 0 radical (unpaired) electrons. The number of carbonyl (C=O) groups is 1. The maximum Gasteiger partial charge on any atom is 0.244 e. The molecule has 1 fully saturated rings. The Hall–Kier alpha value is -1.89. The molecule has 1 saturated carbocycles. The van der Waals surface area contributed by atoms with Crippen molar-refractivity contribution in [2.75, 3.05) is 18.8 Å². The van der Waals surface area contributed by atoms with Gasteiger partial charge in [0, 0.05) is 28.1 Å². The minimum absolute atomic E-state index is 0.00658. The van der Waals surface area contributed by atoms with Crippen LogP contribution in [0.15, 0.2) is 30.3 Å². The number of aromatic nitrogens is 1. The van der Waals surface area contributed by atoms with Crippen LogP contribution in [-0.4, -0.2) is 41.0 Å². The van der Waals surface area contributed by atoms with Crippen molar-refractivity contribution >= 4 is 40.1 Å². The average molecular weight is 501 g/mol. The summed E-state index contributed by atoms with van der Waals surface area (Å²) in [5, 5.41) is 4.61. The zero-order chi connectivity index (χ0) is 23.9. The molecule has 0 spiro atoms. The summed E-state index contributed by atoms with van der Waals surface area (Å²) in [4.78, 5) is 21.0. The predicted octanol–water partition coefficient (Wildman–Crippen LogP) is 5.73. The molecule has 1 aromatic carbocycles. The number of halogens is 1. The standard InChI is InChI=1S/C27H37ClN4OS/c1-2-16-32(23-12-13-24-25(18-23)34-27(29)31-24)17-15-20-5-10-22(11-6-20)30-26(33)14-7-19-3-8-21(28)9-4-19/h3-4,7-9,14,20,22-23H,2,5-6,10-13,15-18H2,1H3,(H2,29,31)(H,30,33). The molecule has 34 heavy (non-hydrogen) atoms. The second kappa shape index (κ2) is 12.2. The Kier molecular flexibility index (Phi) is 9.04. The van der Waals surface area contributed by atoms with E-state index in [1.165, 1.54) is 55.8 Å². The van der Waals surface area contributed by atoms with Crippen molar-refractivity contribution in [1.29, 1.82) is 0 Å². The first-order valence-corrected chi connectivity index (χ1v) is 13.9. The fourth-order valence-electron chi connectivity index (χ4n) is 5.39. The van der Waals surface area contributed by atoms with Gasteiger partial charge in [0.05, 0.1) is 5.69 Å². The minimum atomic E-state index is -0.00658. The van der Waals surface area contributed by atoms with Crippen LogP contribution in [-0.2, 0) is 17.6 Å². The molecule has 5 nitrogen and oxygen atoms in total. The molecule has 1 amide bonds. The van der Waals surface area contributed by atoms with Crippen LogP contribution in [0.1, 0.15) is 68.0 Å². The molecule has 1 aromatic heterocycles. The van der Waals surface area contributed by atoms with Crippen LogP contribution in [0.3, 0.4) is 0 Å². The molecule has 0 saturated heterocycles. The molecule has 4 rings (SSSR count). The second-order valence-electron chi connectivity index (χ2n) is 9.75. The molecule has 1 heterocycles. The molecular formula is C27H37ClN4OS. The largest absolute Gasteiger partial charge is 0.375 e. The summed E-state index contributed by atoms with van der Waals surface area (Å²) in [7, 11) is 0. The minimum Gasteiger partial charge on any atom is -0.375 e. The smallest absolute Gasteiger partial charge is 0.244 e. The second-order valence-corrected chi connectivity index (χ2v) is 11.3. The number of thiazole rings is 1. The van der Waals surface area contributed by atoms with Gasteiger partial charge in [0.2, 0.25) is 5.91 Å². The summed E-state index contributed by atoms with van der Waals surface area (Å²) >= 11 is 7.60. The Bertz CT molecular complexity index is 966. The molecule has 2 aromatic rings. The molecule has 3 N–H and O–H groups in total. The van der Waals surface area contributed by atoms with Crippen LogP contribution >= 0.6 is 22.9 Å². The van der Waals surface area contributed by atoms with Crippen molar-refractivity contribution in [3.05, 3.63) is 51.5 Å². The van der Waals surface area contributed by atoms with Gasteiger partial charge in [0.25, 0.3) is 0 Å². The summed E-state index contributed by atoms with van der Waals surface area (Å²) in [6, 6.07) is 8.41. The summed E-state index contributed by atoms with van der Waals surface area (Å²) < 4.78 is 0. The van der Waals surface area contributed by atoms with Gasteiger partial charge < -0.3 is 16.0 Å². The average Bonchev–Trinajstić information content (AvgIpc) is 3.21. The molecule has 0 aliphatic heterocycles. The number of anilines is 1. The number of nitrogens with two attached hydrogens (primary N) is 1. The number of hydrogen-bond acceptors (Lipinski definition) is 5. The fourth-order valence-corrected chi connectivity index (χ4v) is 6.47. The van der Waals surface area contributed by atoms with Gasteiger partial charge in [0.1, 0.15) is 0 Å². The van der Waals surface area contributed by atoms with E-state index in [4.69, 9.17) is 17.3 Å². The Morgan fingerprint density at radius 1 is 1.21 bits per heavy atom. The highest BCUT2D eigenvalue weighted by Crippen LogP contribution is 2.32. The normalized spacial score (nSPS) is 22.7. The van der Waals surface area contributed by atoms with Gasteiger partial charge in [-0.05, 0) is 101 Å². The third-order valence-electron chi connectivity index (χ3n) is 7.27. The Morgan fingerprint density at radius 3 is 2.71 bits per heavy atom. The quantitative estimate of drug-likeness (QED) is 0.431. The fraction of sp³-hybridized carbons (Fsp3) is 0.556. The number of fused-ring (bicyclic) bond motifs is 1. The van der Waals surface area contributed by atoms with Gasteiger partial charge >= 0.3 is 0 Å². The molecular weight excluding hydrogens is 464 g/mol. The Balaban J connectivity index is 1.19. The first kappa shape index (κ1) is 25.2. The SMILES string of the molecule is CCCN(CCC1CCC(NC(=O)C=Cc2ccc(Cl)cc2)CC1)C1CCc2nc(N)sc2C1. The van der Waals surface area contributed by atoms with E-state index >= 15 is 0 Å². The Morgan fingerprint density at radius 2 is 1.97 bits per heavy atom. The lowest BCUT2D eigenvalue weighted by Gasteiger charge is -2.36. The number of nitrogens with one attached hydrogen (secondary N) is 1. The third-order valence-corrected chi connectivity index (χ3v) is 8.47. The molecule has 1 atom stereocenters. The number of nitrogen functional groups attached to an aromatic ring is 1. The van der Waals surface area contributed by atoms with Gasteiger partial charge in [-0.1, -0.05) is 30.7 Å². The van der Waals surface area contributed by atoms with Gasteiger partial charge in [-0.15, -0.1) is 11.3 Å². The van der Waals surface area contributed by atoms with Crippen molar-refractivity contribution < 1.29 is 4.79 Å². The highest BCUT2D eigenvalue weighted by Gasteiger charge is 2.28. The molecule has 2 aliphatic carbocycles. The lowest BCUT2D eigenvalue weighted by molar-refractivity contribution is -0.117. The van der Waals surface area contributed by atoms with Crippen molar-refractivity contribution in [3.63, 3.8) is 0 Å². The van der Waals surface area contributed by atoms with Crippen LogP contribution in [0, 0.1) is 5.92 Å². The van der Waals surface area contributed by atoms with Crippen LogP contribution in [0.4, 0.5) is 5.13 Å². The number of hydrogen-bond donors (Lipinski definition) is 2. The molecule has 1 unspecified atom stereocenters. The maximum absolute atomic E-state index is 12.3. The monoisotopic (exact) mass is 500 g/mol. The molecule has 0 bridgehead atoms. The van der Waals surface area contributed by atoms with E-state index in [1.807, 2.05) is 30.3 Å². The zero-order valence-corrected chi connectivity index (χ0v) is 21.7. The van der Waals surface area contributed by atoms with Crippen molar-refractivity contribution in [2.45, 2.75) is 76.8 Å². The topological polar surface area (TPSA) is 71.2 Å². The van der Waals surface area contributed by atoms with Crippen LogP contribution < -0.4 is 11.1 Å². The van der Waals surface area contributed by atoms with E-state index in [9.17, 15) is 4.79 Å². The van der Waals surface area contributed by atoms with E-state index in [-0.39, 0.29) is 5.91 Å². The summed E-state index contributed by atoms with van der Waals surface area (Å²) in [5.74, 6) is 0.753. The lowest BCUT2D eigenvalue weighted by atomic mass is 9.83. The summed E-state index contributed by atoms with van der Waals surface area (Å²) in [6.45, 7) is 4.62. The van der Waals surface area contributed by atoms with Crippen LogP contribution in [0.25, 0.3) is 6.08 Å². The predicted molar refractivity (Wildman–Crippen MR) is 143 cm³/mol.